The number of ether oxygens (including phenoxy) is 2. The maximum absolute atomic E-state index is 12.7. The maximum atomic E-state index is 12.7. The van der Waals surface area contributed by atoms with Gasteiger partial charge in [0.1, 0.15) is 5.75 Å². The average Bonchev–Trinajstić information content (AvgIpc) is 2.78. The number of sulfonamides is 1. The zero-order chi connectivity index (χ0) is 21.6. The molecule has 30 heavy (non-hydrogen) atoms. The van der Waals surface area contributed by atoms with Gasteiger partial charge in [0.05, 0.1) is 31.3 Å². The van der Waals surface area contributed by atoms with E-state index in [9.17, 15) is 13.2 Å². The molecule has 0 radical (unpaired) electrons. The van der Waals surface area contributed by atoms with E-state index >= 15 is 0 Å². The highest BCUT2D eigenvalue weighted by Gasteiger charge is 2.26. The van der Waals surface area contributed by atoms with Gasteiger partial charge in [-0.25, -0.2) is 8.42 Å². The smallest absolute Gasteiger partial charge is 0.243 e. The fraction of sp³-hybridized carbons (Fsp3) is 0.409. The highest BCUT2D eigenvalue weighted by Crippen LogP contribution is 2.24. The first-order valence-corrected chi connectivity index (χ1v) is 11.4. The standard InChI is InChI=1S/C22H28N2O5S/c1-17(20-5-3-4-6-21(20)28-2)23-22(25)12-9-18-7-10-19(11-8-18)30(26,27)24-13-15-29-16-14-24/h3-8,10-11,17H,9,12-16H2,1-2H3,(H,23,25)/t17-/m1/s1. The number of hydrogen-bond acceptors (Lipinski definition) is 5. The molecule has 1 fully saturated rings. The van der Waals surface area contributed by atoms with Gasteiger partial charge in [0, 0.05) is 25.1 Å². The lowest BCUT2D eigenvalue weighted by atomic mass is 10.1. The number of methoxy groups -OCH3 is 1. The molecule has 0 aromatic heterocycles. The van der Waals surface area contributed by atoms with E-state index in [1.54, 1.807) is 31.4 Å². The number of para-hydroxylation sites is 1. The first-order chi connectivity index (χ1) is 14.4. The van der Waals surface area contributed by atoms with Gasteiger partial charge in [-0.1, -0.05) is 30.3 Å². The molecule has 0 spiro atoms. The summed E-state index contributed by atoms with van der Waals surface area (Å²) in [7, 11) is -1.89. The molecular formula is C22H28N2O5S. The number of aryl methyl sites for hydroxylation is 1. The fourth-order valence-corrected chi connectivity index (χ4v) is 4.85. The lowest BCUT2D eigenvalue weighted by molar-refractivity contribution is -0.121. The summed E-state index contributed by atoms with van der Waals surface area (Å²) in [6.07, 6.45) is 0.845. The van der Waals surface area contributed by atoms with Crippen LogP contribution in [0.5, 0.6) is 5.75 Å². The van der Waals surface area contributed by atoms with Crippen LogP contribution in [0.1, 0.15) is 30.5 Å². The van der Waals surface area contributed by atoms with Crippen LogP contribution in [-0.4, -0.2) is 52.0 Å². The van der Waals surface area contributed by atoms with Crippen LogP contribution in [0.25, 0.3) is 0 Å². The van der Waals surface area contributed by atoms with Crippen molar-refractivity contribution in [1.29, 1.82) is 0 Å². The summed E-state index contributed by atoms with van der Waals surface area (Å²) in [6, 6.07) is 14.2. The van der Waals surface area contributed by atoms with Crippen molar-refractivity contribution >= 4 is 15.9 Å². The molecule has 162 valence electrons. The van der Waals surface area contributed by atoms with Crippen molar-refractivity contribution in [2.24, 2.45) is 0 Å². The highest BCUT2D eigenvalue weighted by molar-refractivity contribution is 7.89. The first kappa shape index (κ1) is 22.3. The SMILES string of the molecule is COc1ccccc1[C@@H](C)NC(=O)CCc1ccc(S(=O)(=O)N2CCOCC2)cc1. The van der Waals surface area contributed by atoms with Crippen LogP contribution in [0.15, 0.2) is 53.4 Å². The first-order valence-electron chi connectivity index (χ1n) is 10.0. The summed E-state index contributed by atoms with van der Waals surface area (Å²) in [5.74, 6) is 0.667. The average molecular weight is 433 g/mol. The third-order valence-electron chi connectivity index (χ3n) is 5.15. The second-order valence-electron chi connectivity index (χ2n) is 7.19. The zero-order valence-corrected chi connectivity index (χ0v) is 18.2. The number of carbonyl (C=O) groups is 1. The lowest BCUT2D eigenvalue weighted by Gasteiger charge is -2.26. The summed E-state index contributed by atoms with van der Waals surface area (Å²) in [6.45, 7) is 3.49. The van der Waals surface area contributed by atoms with Crippen molar-refractivity contribution < 1.29 is 22.7 Å². The van der Waals surface area contributed by atoms with E-state index in [2.05, 4.69) is 5.32 Å². The van der Waals surface area contributed by atoms with Gasteiger partial charge in [0.15, 0.2) is 0 Å². The summed E-state index contributed by atoms with van der Waals surface area (Å²) in [5.41, 5.74) is 1.84. The van der Waals surface area contributed by atoms with E-state index < -0.39 is 10.0 Å². The molecule has 1 amide bonds. The van der Waals surface area contributed by atoms with Gasteiger partial charge in [-0.05, 0) is 37.1 Å². The van der Waals surface area contributed by atoms with Crippen LogP contribution < -0.4 is 10.1 Å². The largest absolute Gasteiger partial charge is 0.496 e. The minimum Gasteiger partial charge on any atom is -0.496 e. The summed E-state index contributed by atoms with van der Waals surface area (Å²) in [4.78, 5) is 12.6. The number of carbonyl (C=O) groups excluding carboxylic acids is 1. The van der Waals surface area contributed by atoms with E-state index in [4.69, 9.17) is 9.47 Å². The van der Waals surface area contributed by atoms with Crippen LogP contribution in [0, 0.1) is 0 Å². The van der Waals surface area contributed by atoms with Gasteiger partial charge < -0.3 is 14.8 Å². The molecule has 2 aromatic carbocycles. The number of nitrogens with zero attached hydrogens (tertiary/aromatic N) is 1. The Morgan fingerprint density at radius 3 is 2.47 bits per heavy atom. The van der Waals surface area contributed by atoms with Crippen molar-refractivity contribution in [2.45, 2.75) is 30.7 Å². The molecule has 7 nitrogen and oxygen atoms in total. The van der Waals surface area contributed by atoms with Gasteiger partial charge in [-0.3, -0.25) is 4.79 Å². The van der Waals surface area contributed by atoms with Crippen LogP contribution in [0.2, 0.25) is 0 Å². The van der Waals surface area contributed by atoms with Gasteiger partial charge in [0.25, 0.3) is 0 Å². The number of morpholine rings is 1. The Hall–Kier alpha value is -2.42. The summed E-state index contributed by atoms with van der Waals surface area (Å²) in [5, 5.41) is 2.99. The van der Waals surface area contributed by atoms with E-state index in [-0.39, 0.29) is 16.8 Å². The molecule has 8 heteroatoms. The summed E-state index contributed by atoms with van der Waals surface area (Å²) >= 11 is 0. The van der Waals surface area contributed by atoms with E-state index in [0.717, 1.165) is 16.9 Å². The molecule has 1 heterocycles. The molecule has 0 aliphatic carbocycles. The predicted molar refractivity (Wildman–Crippen MR) is 114 cm³/mol. The number of hydrogen-bond donors (Lipinski definition) is 1. The molecule has 2 aromatic rings. The van der Waals surface area contributed by atoms with Crippen molar-refractivity contribution in [2.75, 3.05) is 33.4 Å². The van der Waals surface area contributed by atoms with E-state index in [1.807, 2.05) is 31.2 Å². The van der Waals surface area contributed by atoms with Gasteiger partial charge in [-0.2, -0.15) is 4.31 Å². The summed E-state index contributed by atoms with van der Waals surface area (Å²) < 4.78 is 37.4. The predicted octanol–water partition coefficient (Wildman–Crippen LogP) is 2.53. The minimum absolute atomic E-state index is 0.0709. The highest BCUT2D eigenvalue weighted by atomic mass is 32.2. The third kappa shape index (κ3) is 5.38. The van der Waals surface area contributed by atoms with Gasteiger partial charge >= 0.3 is 0 Å². The molecule has 0 unspecified atom stereocenters. The van der Waals surface area contributed by atoms with Crippen LogP contribution in [0.3, 0.4) is 0 Å². The Labute approximate surface area is 178 Å². The van der Waals surface area contributed by atoms with Crippen LogP contribution >= 0.6 is 0 Å². The Morgan fingerprint density at radius 2 is 1.80 bits per heavy atom. The van der Waals surface area contributed by atoms with E-state index in [1.165, 1.54) is 4.31 Å². The molecular weight excluding hydrogens is 404 g/mol. The quantitative estimate of drug-likeness (QED) is 0.693. The molecule has 3 rings (SSSR count). The van der Waals surface area contributed by atoms with Gasteiger partial charge in [-0.15, -0.1) is 0 Å². The van der Waals surface area contributed by atoms with Crippen molar-refractivity contribution in [3.05, 3.63) is 59.7 Å². The normalized spacial score (nSPS) is 16.1. The van der Waals surface area contributed by atoms with E-state index in [0.29, 0.717) is 39.1 Å². The number of nitrogens with one attached hydrogen (secondary N) is 1. The molecule has 0 saturated carbocycles. The Bertz CT molecular complexity index is 954. The second-order valence-corrected chi connectivity index (χ2v) is 9.13. The van der Waals surface area contributed by atoms with Crippen molar-refractivity contribution in [3.8, 4) is 5.75 Å². The Kier molecular flexibility index (Phi) is 7.47. The number of rotatable bonds is 8. The van der Waals surface area contributed by atoms with Crippen molar-refractivity contribution in [3.63, 3.8) is 0 Å². The number of amides is 1. The maximum Gasteiger partial charge on any atom is 0.243 e. The molecule has 1 aliphatic rings. The molecule has 1 saturated heterocycles. The van der Waals surface area contributed by atoms with Gasteiger partial charge in [0.2, 0.25) is 15.9 Å². The monoisotopic (exact) mass is 432 g/mol. The van der Waals surface area contributed by atoms with Crippen LogP contribution in [-0.2, 0) is 26.0 Å². The van der Waals surface area contributed by atoms with Crippen LogP contribution in [0.4, 0.5) is 0 Å². The second kappa shape index (κ2) is 10.1. The fourth-order valence-electron chi connectivity index (χ4n) is 3.44. The van der Waals surface area contributed by atoms with Crippen molar-refractivity contribution in [1.82, 2.24) is 9.62 Å². The number of benzene rings is 2. The Balaban J connectivity index is 1.55. The third-order valence-corrected chi connectivity index (χ3v) is 7.07. The topological polar surface area (TPSA) is 84.9 Å². The molecule has 1 aliphatic heterocycles. The molecule has 0 bridgehead atoms. The molecule has 1 atom stereocenters. The lowest BCUT2D eigenvalue weighted by Crippen LogP contribution is -2.40. The zero-order valence-electron chi connectivity index (χ0n) is 17.3. The molecule has 1 N–H and O–H groups in total. The minimum atomic E-state index is -3.50. The Morgan fingerprint density at radius 1 is 1.13 bits per heavy atom.